The summed E-state index contributed by atoms with van der Waals surface area (Å²) >= 11 is 6.14. The largest absolute Gasteiger partial charge is 0.487 e. The number of hydrogen-bond acceptors (Lipinski definition) is 4. The van der Waals surface area contributed by atoms with Gasteiger partial charge < -0.3 is 14.8 Å². The van der Waals surface area contributed by atoms with Crippen LogP contribution in [-0.4, -0.2) is 34.5 Å². The zero-order chi connectivity index (χ0) is 18.3. The molecule has 0 aliphatic carbocycles. The smallest absolute Gasteiger partial charge is 0.273 e. The minimum absolute atomic E-state index is 0.151. The van der Waals surface area contributed by atoms with Gasteiger partial charge in [-0.2, -0.15) is 5.10 Å². The van der Waals surface area contributed by atoms with E-state index < -0.39 is 0 Å². The Hall–Kier alpha value is -2.05. The topological polar surface area (TPSA) is 65.4 Å². The third-order valence-electron chi connectivity index (χ3n) is 5.15. The molecule has 0 bridgehead atoms. The van der Waals surface area contributed by atoms with Gasteiger partial charge in [0.2, 0.25) is 0 Å². The van der Waals surface area contributed by atoms with Crippen molar-refractivity contribution in [2.45, 2.75) is 37.8 Å². The number of aromatic nitrogens is 2. The minimum Gasteiger partial charge on any atom is -0.487 e. The van der Waals surface area contributed by atoms with Crippen LogP contribution in [0.1, 0.15) is 46.9 Å². The van der Waals surface area contributed by atoms with Crippen molar-refractivity contribution in [1.29, 1.82) is 0 Å². The summed E-state index contributed by atoms with van der Waals surface area (Å²) in [6.07, 6.45) is 3.97. The normalized spacial score (nSPS) is 21.1. The first-order valence-electron chi connectivity index (χ1n) is 8.83. The highest BCUT2D eigenvalue weighted by Crippen LogP contribution is 2.44. The number of rotatable bonds is 2. The van der Waals surface area contributed by atoms with Gasteiger partial charge in [0, 0.05) is 38.1 Å². The molecule has 1 aromatic heterocycles. The summed E-state index contributed by atoms with van der Waals surface area (Å²) in [7, 11) is 1.74. The molecule has 1 N–H and O–H groups in total. The molecule has 2 aliphatic heterocycles. The van der Waals surface area contributed by atoms with Crippen molar-refractivity contribution in [2.75, 3.05) is 13.2 Å². The third kappa shape index (κ3) is 3.19. The van der Waals surface area contributed by atoms with Crippen LogP contribution in [0.25, 0.3) is 0 Å². The minimum atomic E-state index is -0.299. The second kappa shape index (κ2) is 6.59. The van der Waals surface area contributed by atoms with E-state index >= 15 is 0 Å². The van der Waals surface area contributed by atoms with Gasteiger partial charge >= 0.3 is 0 Å². The van der Waals surface area contributed by atoms with E-state index in [1.807, 2.05) is 19.1 Å². The van der Waals surface area contributed by atoms with Crippen LogP contribution in [0.3, 0.4) is 0 Å². The van der Waals surface area contributed by atoms with E-state index in [9.17, 15) is 4.79 Å². The number of benzene rings is 1. The van der Waals surface area contributed by atoms with Gasteiger partial charge in [0.15, 0.2) is 5.69 Å². The first kappa shape index (κ1) is 17.4. The summed E-state index contributed by atoms with van der Waals surface area (Å²) in [5.74, 6) is 0.568. The lowest BCUT2D eigenvalue weighted by molar-refractivity contribution is -0.0639. The van der Waals surface area contributed by atoms with Crippen LogP contribution in [0.15, 0.2) is 24.4 Å². The van der Waals surface area contributed by atoms with Crippen LogP contribution in [0.4, 0.5) is 0 Å². The van der Waals surface area contributed by atoms with Gasteiger partial charge in [-0.25, -0.2) is 0 Å². The summed E-state index contributed by atoms with van der Waals surface area (Å²) in [5, 5.41) is 7.65. The third-order valence-corrected chi connectivity index (χ3v) is 5.43. The molecule has 0 saturated carbocycles. The average molecular weight is 376 g/mol. The monoisotopic (exact) mass is 375 g/mol. The Morgan fingerprint density at radius 3 is 2.85 bits per heavy atom. The van der Waals surface area contributed by atoms with E-state index in [1.165, 1.54) is 0 Å². The highest BCUT2D eigenvalue weighted by molar-refractivity contribution is 6.33. The van der Waals surface area contributed by atoms with Gasteiger partial charge in [-0.05, 0) is 13.0 Å². The molecule has 6 nitrogen and oxygen atoms in total. The maximum absolute atomic E-state index is 12.8. The van der Waals surface area contributed by atoms with Gasteiger partial charge in [-0.3, -0.25) is 9.48 Å². The zero-order valence-electron chi connectivity index (χ0n) is 14.9. The maximum Gasteiger partial charge on any atom is 0.273 e. The number of fused-ring (bicyclic) bond motifs is 1. The van der Waals surface area contributed by atoms with E-state index in [-0.39, 0.29) is 23.2 Å². The molecular weight excluding hydrogens is 354 g/mol. The lowest BCUT2D eigenvalue weighted by Crippen LogP contribution is -2.48. The molecule has 1 amide bonds. The van der Waals surface area contributed by atoms with Crippen molar-refractivity contribution in [3.63, 3.8) is 0 Å². The number of nitrogens with one attached hydrogen (secondary N) is 1. The Bertz CT molecular complexity index is 843. The quantitative estimate of drug-likeness (QED) is 0.875. The van der Waals surface area contributed by atoms with Crippen LogP contribution in [0.5, 0.6) is 5.75 Å². The summed E-state index contributed by atoms with van der Waals surface area (Å²) < 4.78 is 13.4. The number of halogens is 1. The number of aryl methyl sites for hydroxylation is 2. The number of amides is 1. The predicted molar refractivity (Wildman–Crippen MR) is 97.6 cm³/mol. The van der Waals surface area contributed by atoms with Crippen LogP contribution in [-0.2, 0) is 11.8 Å². The van der Waals surface area contributed by atoms with Crippen LogP contribution in [0.2, 0.25) is 5.02 Å². The Morgan fingerprint density at radius 2 is 2.15 bits per heavy atom. The summed E-state index contributed by atoms with van der Waals surface area (Å²) in [4.78, 5) is 12.8. The Labute approximate surface area is 157 Å². The molecule has 2 aliphatic rings. The molecule has 0 radical (unpaired) electrons. The molecule has 3 heterocycles. The molecule has 1 saturated heterocycles. The van der Waals surface area contributed by atoms with Gasteiger partial charge in [0.05, 0.1) is 24.3 Å². The SMILES string of the molecule is Cc1ccc2c(c1)C(NC(=O)c1nn(C)cc1Cl)CC1(CCOCC1)O2. The fraction of sp³-hybridized carbons (Fsp3) is 0.474. The Morgan fingerprint density at radius 1 is 1.38 bits per heavy atom. The number of nitrogens with zero attached hydrogens (tertiary/aromatic N) is 2. The predicted octanol–water partition coefficient (Wildman–Crippen LogP) is 3.18. The molecule has 1 spiro atoms. The van der Waals surface area contributed by atoms with Crippen molar-refractivity contribution in [3.8, 4) is 5.75 Å². The molecule has 1 aromatic carbocycles. The van der Waals surface area contributed by atoms with E-state index in [1.54, 1.807) is 17.9 Å². The van der Waals surface area contributed by atoms with Gasteiger partial charge in [0.25, 0.3) is 5.91 Å². The number of carbonyl (C=O) groups excluding carboxylic acids is 1. The average Bonchev–Trinajstić information content (AvgIpc) is 2.95. The van der Waals surface area contributed by atoms with Crippen LogP contribution in [0, 0.1) is 6.92 Å². The van der Waals surface area contributed by atoms with Crippen molar-refractivity contribution >= 4 is 17.5 Å². The van der Waals surface area contributed by atoms with Crippen LogP contribution < -0.4 is 10.1 Å². The Balaban J connectivity index is 1.66. The summed E-state index contributed by atoms with van der Waals surface area (Å²) in [6.45, 7) is 3.38. The molecule has 1 atom stereocenters. The second-order valence-corrected chi connectivity index (χ2v) is 7.58. The molecule has 1 fully saturated rings. The molecular formula is C19H22ClN3O3. The summed E-state index contributed by atoms with van der Waals surface area (Å²) in [6, 6.07) is 5.95. The number of ether oxygens (including phenoxy) is 2. The molecule has 4 rings (SSSR count). The van der Waals surface area contributed by atoms with Crippen molar-refractivity contribution < 1.29 is 14.3 Å². The fourth-order valence-electron chi connectivity index (χ4n) is 3.81. The molecule has 7 heteroatoms. The standard InChI is InChI=1S/C19H22ClN3O3/c1-12-3-4-16-13(9-12)15(10-19(26-16)5-7-25-8-6-19)21-18(24)17-14(20)11-23(2)22-17/h3-4,9,11,15H,5-8,10H2,1-2H3,(H,21,24). The molecule has 1 unspecified atom stereocenters. The van der Waals surface area contributed by atoms with E-state index in [4.69, 9.17) is 21.1 Å². The highest BCUT2D eigenvalue weighted by atomic mass is 35.5. The van der Waals surface area contributed by atoms with E-state index in [2.05, 4.69) is 16.5 Å². The second-order valence-electron chi connectivity index (χ2n) is 7.17. The lowest BCUT2D eigenvalue weighted by Gasteiger charge is -2.44. The molecule has 138 valence electrons. The highest BCUT2D eigenvalue weighted by Gasteiger charge is 2.43. The van der Waals surface area contributed by atoms with Gasteiger partial charge in [-0.1, -0.05) is 29.3 Å². The number of carbonyl (C=O) groups is 1. The Kier molecular flexibility index (Phi) is 4.40. The number of hydrogen-bond donors (Lipinski definition) is 1. The van der Waals surface area contributed by atoms with E-state index in [0.29, 0.717) is 24.7 Å². The van der Waals surface area contributed by atoms with Crippen molar-refractivity contribution in [2.24, 2.45) is 7.05 Å². The fourth-order valence-corrected chi connectivity index (χ4v) is 4.07. The molecule has 2 aromatic rings. The summed E-state index contributed by atoms with van der Waals surface area (Å²) in [5.41, 5.74) is 2.08. The van der Waals surface area contributed by atoms with Crippen molar-refractivity contribution in [3.05, 3.63) is 46.2 Å². The van der Waals surface area contributed by atoms with Crippen LogP contribution >= 0.6 is 11.6 Å². The van der Waals surface area contributed by atoms with Gasteiger partial charge in [0.1, 0.15) is 11.4 Å². The zero-order valence-corrected chi connectivity index (χ0v) is 15.7. The lowest BCUT2D eigenvalue weighted by atomic mass is 9.81. The van der Waals surface area contributed by atoms with Gasteiger partial charge in [-0.15, -0.1) is 0 Å². The first-order chi connectivity index (χ1) is 12.5. The maximum atomic E-state index is 12.8. The molecule has 26 heavy (non-hydrogen) atoms. The van der Waals surface area contributed by atoms with E-state index in [0.717, 1.165) is 29.7 Å². The van der Waals surface area contributed by atoms with Crippen molar-refractivity contribution in [1.82, 2.24) is 15.1 Å². The first-order valence-corrected chi connectivity index (χ1v) is 9.21.